The van der Waals surface area contributed by atoms with E-state index in [9.17, 15) is 4.79 Å². The molecule has 0 amide bonds. The first kappa shape index (κ1) is 14.1. The summed E-state index contributed by atoms with van der Waals surface area (Å²) in [6.45, 7) is 2.27. The Kier molecular flexibility index (Phi) is 4.43. The highest BCUT2D eigenvalue weighted by atomic mass is 16.1. The number of carbonyl (C=O) groups is 1. The van der Waals surface area contributed by atoms with E-state index < -0.39 is 0 Å². The maximum Gasteiger partial charge on any atom is 0.144 e. The van der Waals surface area contributed by atoms with E-state index in [0.717, 1.165) is 6.42 Å². The van der Waals surface area contributed by atoms with Crippen molar-refractivity contribution in [1.82, 2.24) is 0 Å². The largest absolute Gasteiger partial charge is 0.299 e. The molecule has 3 aliphatic rings. The lowest BCUT2D eigenvalue weighted by atomic mass is 9.89. The first-order valence-electron chi connectivity index (χ1n) is 8.74. The van der Waals surface area contributed by atoms with Gasteiger partial charge >= 0.3 is 0 Å². The third kappa shape index (κ3) is 2.64. The number of fused-ring (bicyclic) bond motifs is 5. The second-order valence-corrected chi connectivity index (χ2v) is 6.94. The Balaban J connectivity index is 1.45. The minimum absolute atomic E-state index is 0.310. The second-order valence-electron chi connectivity index (χ2n) is 6.94. The molecule has 0 aromatic carbocycles. The van der Waals surface area contributed by atoms with Crippen molar-refractivity contribution in [2.24, 2.45) is 17.8 Å². The molecule has 1 nitrogen and oxygen atoms in total. The van der Waals surface area contributed by atoms with Crippen LogP contribution in [-0.4, -0.2) is 5.78 Å². The van der Waals surface area contributed by atoms with Crippen LogP contribution in [0.15, 0.2) is 23.3 Å². The van der Waals surface area contributed by atoms with E-state index in [4.69, 9.17) is 0 Å². The first-order chi connectivity index (χ1) is 9.81. The van der Waals surface area contributed by atoms with E-state index in [0.29, 0.717) is 23.5 Å². The van der Waals surface area contributed by atoms with Gasteiger partial charge in [0.15, 0.2) is 0 Å². The van der Waals surface area contributed by atoms with Gasteiger partial charge in [-0.3, -0.25) is 4.79 Å². The second kappa shape index (κ2) is 6.28. The summed E-state index contributed by atoms with van der Waals surface area (Å²) in [7, 11) is 0. The van der Waals surface area contributed by atoms with Crippen LogP contribution < -0.4 is 0 Å². The normalized spacial score (nSPS) is 30.6. The summed E-state index contributed by atoms with van der Waals surface area (Å²) >= 11 is 0. The van der Waals surface area contributed by atoms with E-state index in [-0.39, 0.29) is 0 Å². The van der Waals surface area contributed by atoms with Crippen LogP contribution in [0, 0.1) is 17.8 Å². The van der Waals surface area contributed by atoms with Crippen LogP contribution in [0.2, 0.25) is 0 Å². The summed E-state index contributed by atoms with van der Waals surface area (Å²) in [5.41, 5.74) is 3.10. The van der Waals surface area contributed by atoms with Gasteiger partial charge in [-0.1, -0.05) is 68.7 Å². The van der Waals surface area contributed by atoms with Crippen LogP contribution in [0.4, 0.5) is 0 Å². The number of carbonyl (C=O) groups excluding carboxylic acids is 1. The van der Waals surface area contributed by atoms with Gasteiger partial charge in [-0.25, -0.2) is 0 Å². The average Bonchev–Trinajstić information content (AvgIpc) is 3.12. The number of hydrogen-bond acceptors (Lipinski definition) is 1. The number of allylic oxidation sites excluding steroid dienone is 4. The Morgan fingerprint density at radius 3 is 2.60 bits per heavy atom. The first-order valence-corrected chi connectivity index (χ1v) is 8.74. The third-order valence-corrected chi connectivity index (χ3v) is 5.50. The molecule has 0 aromatic rings. The minimum Gasteiger partial charge on any atom is -0.299 e. The number of hydrogen-bond donors (Lipinski definition) is 0. The molecule has 0 radical (unpaired) electrons. The molecule has 0 heterocycles. The van der Waals surface area contributed by atoms with Crippen LogP contribution in [0.1, 0.15) is 71.1 Å². The Bertz CT molecular complexity index is 429. The molecular formula is C19H28O. The van der Waals surface area contributed by atoms with Crippen molar-refractivity contribution in [1.29, 1.82) is 0 Å². The molecule has 20 heavy (non-hydrogen) atoms. The molecule has 0 unspecified atom stereocenters. The van der Waals surface area contributed by atoms with Crippen LogP contribution in [0.5, 0.6) is 0 Å². The molecule has 0 spiro atoms. The molecule has 1 heteroatoms. The quantitative estimate of drug-likeness (QED) is 0.437. The highest BCUT2D eigenvalue weighted by Crippen LogP contribution is 2.54. The van der Waals surface area contributed by atoms with Gasteiger partial charge in [-0.15, -0.1) is 0 Å². The standard InChI is InChI=1S/C19H28O/c1-2-3-4-5-6-7-8-9-14-13-17(20)19-16-11-10-15(12-16)18(14)19/h10-11,15-16,19H,2-9,12-13H2,1H3/t15-,16+,19-/m1/s1. The summed E-state index contributed by atoms with van der Waals surface area (Å²) < 4.78 is 0. The Morgan fingerprint density at radius 1 is 1.05 bits per heavy atom. The maximum atomic E-state index is 12.2. The molecule has 110 valence electrons. The van der Waals surface area contributed by atoms with Crippen LogP contribution in [-0.2, 0) is 4.79 Å². The van der Waals surface area contributed by atoms with E-state index in [1.54, 1.807) is 5.57 Å². The van der Waals surface area contributed by atoms with Crippen molar-refractivity contribution in [3.05, 3.63) is 23.3 Å². The monoisotopic (exact) mass is 272 g/mol. The molecule has 3 aliphatic carbocycles. The molecular weight excluding hydrogens is 244 g/mol. The lowest BCUT2D eigenvalue weighted by Gasteiger charge is -2.15. The van der Waals surface area contributed by atoms with Crippen molar-refractivity contribution in [2.75, 3.05) is 0 Å². The van der Waals surface area contributed by atoms with Gasteiger partial charge in [0.05, 0.1) is 0 Å². The molecule has 1 saturated carbocycles. The molecule has 0 aliphatic heterocycles. The zero-order valence-electron chi connectivity index (χ0n) is 12.9. The lowest BCUT2D eigenvalue weighted by Crippen LogP contribution is -2.15. The highest BCUT2D eigenvalue weighted by molar-refractivity contribution is 5.91. The molecule has 0 aromatic heterocycles. The maximum absolute atomic E-state index is 12.2. The molecule has 1 fully saturated rings. The van der Waals surface area contributed by atoms with Gasteiger partial charge in [-0.05, 0) is 31.1 Å². The van der Waals surface area contributed by atoms with E-state index in [1.807, 2.05) is 0 Å². The number of rotatable bonds is 8. The topological polar surface area (TPSA) is 17.1 Å². The van der Waals surface area contributed by atoms with Crippen molar-refractivity contribution in [3.8, 4) is 0 Å². The molecule has 0 N–H and O–H groups in total. The Hall–Kier alpha value is -0.850. The van der Waals surface area contributed by atoms with E-state index >= 15 is 0 Å². The van der Waals surface area contributed by atoms with Gasteiger partial charge in [0, 0.05) is 12.3 Å². The van der Waals surface area contributed by atoms with Gasteiger partial charge in [0.2, 0.25) is 0 Å². The van der Waals surface area contributed by atoms with Crippen LogP contribution in [0.25, 0.3) is 0 Å². The van der Waals surface area contributed by atoms with E-state index in [1.165, 1.54) is 63.4 Å². The zero-order chi connectivity index (χ0) is 13.9. The Labute approximate surface area is 123 Å². The lowest BCUT2D eigenvalue weighted by molar-refractivity contribution is -0.120. The summed E-state index contributed by atoms with van der Waals surface area (Å²) in [6.07, 6.45) is 17.4. The fourth-order valence-corrected chi connectivity index (χ4v) is 4.51. The van der Waals surface area contributed by atoms with Gasteiger partial charge in [0.25, 0.3) is 0 Å². The summed E-state index contributed by atoms with van der Waals surface area (Å²) in [5, 5.41) is 0. The highest BCUT2D eigenvalue weighted by Gasteiger charge is 2.48. The zero-order valence-corrected chi connectivity index (χ0v) is 12.9. The molecule has 3 rings (SSSR count). The van der Waals surface area contributed by atoms with Crippen LogP contribution >= 0.6 is 0 Å². The number of ketones is 1. The summed E-state index contributed by atoms with van der Waals surface area (Å²) in [6, 6.07) is 0. The molecule has 0 saturated heterocycles. The van der Waals surface area contributed by atoms with Crippen molar-refractivity contribution >= 4 is 5.78 Å². The summed E-state index contributed by atoms with van der Waals surface area (Å²) in [4.78, 5) is 12.2. The SMILES string of the molecule is CCCCCCCCCC1=C2[C@@H](C(=O)C1)[C@H]1C=C[C@@H]2C1. The van der Waals surface area contributed by atoms with Gasteiger partial charge in [-0.2, -0.15) is 0 Å². The average molecular weight is 272 g/mol. The smallest absolute Gasteiger partial charge is 0.144 e. The fraction of sp³-hybridized carbons (Fsp3) is 0.737. The van der Waals surface area contributed by atoms with Crippen molar-refractivity contribution in [2.45, 2.75) is 71.1 Å². The van der Waals surface area contributed by atoms with Gasteiger partial charge in [0.1, 0.15) is 5.78 Å². The summed E-state index contributed by atoms with van der Waals surface area (Å²) in [5.74, 6) is 2.03. The minimum atomic E-state index is 0.310. The predicted octanol–water partition coefficient (Wildman–Crippen LogP) is 5.22. The molecule has 2 bridgehead atoms. The number of unbranched alkanes of at least 4 members (excludes halogenated alkanes) is 6. The third-order valence-electron chi connectivity index (χ3n) is 5.50. The number of Topliss-reactive ketones (excluding diaryl/α,β-unsaturated/α-hetero) is 1. The van der Waals surface area contributed by atoms with Crippen molar-refractivity contribution < 1.29 is 4.79 Å². The van der Waals surface area contributed by atoms with Crippen LogP contribution in [0.3, 0.4) is 0 Å². The van der Waals surface area contributed by atoms with Gasteiger partial charge < -0.3 is 0 Å². The van der Waals surface area contributed by atoms with Crippen molar-refractivity contribution in [3.63, 3.8) is 0 Å². The Morgan fingerprint density at radius 2 is 1.80 bits per heavy atom. The fourth-order valence-electron chi connectivity index (χ4n) is 4.51. The predicted molar refractivity (Wildman–Crippen MR) is 83.5 cm³/mol. The van der Waals surface area contributed by atoms with E-state index in [2.05, 4.69) is 19.1 Å². The molecule has 3 atom stereocenters.